The molecule has 2 rings (SSSR count). The maximum atomic E-state index is 10.3. The highest BCUT2D eigenvalue weighted by Gasteiger charge is 2.05. The van der Waals surface area contributed by atoms with Gasteiger partial charge >= 0.3 is 0 Å². The van der Waals surface area contributed by atoms with E-state index in [9.17, 15) is 4.79 Å². The van der Waals surface area contributed by atoms with Gasteiger partial charge in [-0.25, -0.2) is 5.84 Å². The van der Waals surface area contributed by atoms with Gasteiger partial charge in [0.2, 0.25) is 0 Å². The number of hydrazine groups is 1. The number of nitrogens with one attached hydrogen (secondary N) is 1. The molecular formula is C18H23N3O2S. The molecule has 1 aromatic carbocycles. The number of anilines is 1. The number of allylic oxidation sites excluding steroid dienone is 5. The lowest BCUT2D eigenvalue weighted by Gasteiger charge is -2.17. The molecule has 6 heteroatoms. The number of hydrogen-bond donors (Lipinski definition) is 2. The Balaban J connectivity index is 0.000000243. The summed E-state index contributed by atoms with van der Waals surface area (Å²) < 4.78 is 4.98. The summed E-state index contributed by atoms with van der Waals surface area (Å²) in [4.78, 5) is 10.3. The number of thioether (sulfide) groups is 1. The van der Waals surface area contributed by atoms with Crippen LogP contribution in [0, 0.1) is 5.41 Å². The van der Waals surface area contributed by atoms with Crippen LogP contribution in [0.1, 0.15) is 13.3 Å². The molecule has 1 aliphatic rings. The zero-order valence-electron chi connectivity index (χ0n) is 13.9. The van der Waals surface area contributed by atoms with Crippen molar-refractivity contribution < 1.29 is 9.53 Å². The molecule has 0 aromatic heterocycles. The van der Waals surface area contributed by atoms with E-state index < -0.39 is 0 Å². The van der Waals surface area contributed by atoms with Crippen molar-refractivity contribution in [2.75, 3.05) is 17.9 Å². The summed E-state index contributed by atoms with van der Waals surface area (Å²) in [6.07, 6.45) is 8.86. The van der Waals surface area contributed by atoms with Crippen molar-refractivity contribution in [3.05, 3.63) is 66.0 Å². The minimum Gasteiger partial charge on any atom is -0.497 e. The SMILES string of the molecule is CCSC(=N)N(N)c1ccccc1.COC1=CC=C(C=O)CC=C1. The van der Waals surface area contributed by atoms with E-state index in [0.29, 0.717) is 11.6 Å². The maximum Gasteiger partial charge on any atom is 0.175 e. The second kappa shape index (κ2) is 11.3. The van der Waals surface area contributed by atoms with Crippen molar-refractivity contribution in [2.24, 2.45) is 5.84 Å². The summed E-state index contributed by atoms with van der Waals surface area (Å²) in [5.41, 5.74) is 1.61. The summed E-state index contributed by atoms with van der Waals surface area (Å²) >= 11 is 1.42. The number of rotatable bonds is 4. The smallest absolute Gasteiger partial charge is 0.175 e. The molecule has 24 heavy (non-hydrogen) atoms. The molecule has 0 saturated heterocycles. The van der Waals surface area contributed by atoms with Crippen LogP contribution in [-0.2, 0) is 9.53 Å². The quantitative estimate of drug-likeness (QED) is 0.286. The molecule has 0 amide bonds. The lowest BCUT2D eigenvalue weighted by molar-refractivity contribution is -0.105. The monoisotopic (exact) mass is 345 g/mol. The highest BCUT2D eigenvalue weighted by atomic mass is 32.2. The topological polar surface area (TPSA) is 79.4 Å². The zero-order valence-corrected chi connectivity index (χ0v) is 14.8. The van der Waals surface area contributed by atoms with Crippen LogP contribution in [0.15, 0.2) is 66.0 Å². The molecule has 0 spiro atoms. The predicted molar refractivity (Wildman–Crippen MR) is 102 cm³/mol. The van der Waals surface area contributed by atoms with E-state index in [1.54, 1.807) is 19.3 Å². The Kier molecular flexibility index (Phi) is 9.26. The van der Waals surface area contributed by atoms with Gasteiger partial charge in [0, 0.05) is 0 Å². The number of methoxy groups -OCH3 is 1. The fraction of sp³-hybridized carbons (Fsp3) is 0.222. The van der Waals surface area contributed by atoms with Crippen molar-refractivity contribution >= 4 is 28.9 Å². The summed E-state index contributed by atoms with van der Waals surface area (Å²) in [7, 11) is 1.61. The van der Waals surface area contributed by atoms with Gasteiger partial charge in [-0.15, -0.1) is 0 Å². The van der Waals surface area contributed by atoms with E-state index in [1.807, 2.05) is 49.4 Å². The van der Waals surface area contributed by atoms with E-state index in [-0.39, 0.29) is 0 Å². The van der Waals surface area contributed by atoms with Crippen molar-refractivity contribution in [1.29, 1.82) is 5.41 Å². The molecule has 1 aliphatic carbocycles. The summed E-state index contributed by atoms with van der Waals surface area (Å²) in [6.45, 7) is 2.00. The van der Waals surface area contributed by atoms with Gasteiger partial charge in [0.25, 0.3) is 0 Å². The molecule has 3 N–H and O–H groups in total. The summed E-state index contributed by atoms with van der Waals surface area (Å²) in [5, 5.41) is 9.35. The number of carbonyl (C=O) groups is 1. The third-order valence-corrected chi connectivity index (χ3v) is 3.78. The number of carbonyl (C=O) groups excluding carboxylic acids is 1. The Morgan fingerprint density at radius 3 is 2.67 bits per heavy atom. The fourth-order valence-electron chi connectivity index (χ4n) is 1.76. The van der Waals surface area contributed by atoms with Crippen LogP contribution in [-0.4, -0.2) is 24.3 Å². The number of aldehydes is 1. The van der Waals surface area contributed by atoms with E-state index in [1.165, 1.54) is 16.8 Å². The fourth-order valence-corrected chi connectivity index (χ4v) is 2.28. The van der Waals surface area contributed by atoms with Gasteiger partial charge in [-0.3, -0.25) is 15.2 Å². The Morgan fingerprint density at radius 1 is 1.38 bits per heavy atom. The van der Waals surface area contributed by atoms with Crippen LogP contribution < -0.4 is 10.9 Å². The Morgan fingerprint density at radius 2 is 2.08 bits per heavy atom. The predicted octanol–water partition coefficient (Wildman–Crippen LogP) is 3.66. The Labute approximate surface area is 147 Å². The van der Waals surface area contributed by atoms with Crippen LogP contribution in [0.5, 0.6) is 0 Å². The van der Waals surface area contributed by atoms with Gasteiger partial charge < -0.3 is 4.74 Å². The molecule has 0 fully saturated rings. The second-order valence-corrected chi connectivity index (χ2v) is 5.94. The molecule has 0 unspecified atom stereocenters. The first-order chi connectivity index (χ1) is 11.6. The molecular weight excluding hydrogens is 322 g/mol. The first-order valence-corrected chi connectivity index (χ1v) is 8.48. The molecule has 0 bridgehead atoms. The lowest BCUT2D eigenvalue weighted by atomic mass is 10.2. The van der Waals surface area contributed by atoms with Gasteiger partial charge in [0.15, 0.2) is 5.17 Å². The van der Waals surface area contributed by atoms with Crippen molar-refractivity contribution in [3.63, 3.8) is 0 Å². The minimum atomic E-state index is 0.369. The van der Waals surface area contributed by atoms with Crippen molar-refractivity contribution in [2.45, 2.75) is 13.3 Å². The number of hydrogen-bond acceptors (Lipinski definition) is 5. The number of ether oxygens (including phenoxy) is 1. The average Bonchev–Trinajstić information content (AvgIpc) is 2.87. The maximum absolute atomic E-state index is 10.3. The van der Waals surface area contributed by atoms with Gasteiger partial charge in [0.05, 0.1) is 12.8 Å². The number of amidine groups is 1. The van der Waals surface area contributed by atoms with Gasteiger partial charge in [-0.2, -0.15) is 0 Å². The molecule has 0 atom stereocenters. The van der Waals surface area contributed by atoms with Crippen LogP contribution in [0.2, 0.25) is 0 Å². The highest BCUT2D eigenvalue weighted by Crippen LogP contribution is 2.14. The van der Waals surface area contributed by atoms with E-state index in [4.69, 9.17) is 16.0 Å². The van der Waals surface area contributed by atoms with Crippen molar-refractivity contribution in [3.8, 4) is 0 Å². The minimum absolute atomic E-state index is 0.369. The molecule has 128 valence electrons. The number of para-hydroxylation sites is 1. The molecule has 5 nitrogen and oxygen atoms in total. The van der Waals surface area contributed by atoms with Gasteiger partial charge in [-0.05, 0) is 42.0 Å². The first-order valence-electron chi connectivity index (χ1n) is 7.50. The first kappa shape index (κ1) is 19.7. The number of nitrogens with two attached hydrogens (primary N) is 1. The molecule has 0 radical (unpaired) electrons. The third-order valence-electron chi connectivity index (χ3n) is 3.02. The number of benzene rings is 1. The van der Waals surface area contributed by atoms with Gasteiger partial charge in [0.1, 0.15) is 12.0 Å². The van der Waals surface area contributed by atoms with Crippen molar-refractivity contribution in [1.82, 2.24) is 0 Å². The molecule has 0 saturated carbocycles. The van der Waals surface area contributed by atoms with Crippen LogP contribution in [0.4, 0.5) is 5.69 Å². The zero-order chi connectivity index (χ0) is 17.8. The van der Waals surface area contributed by atoms with E-state index in [0.717, 1.165) is 29.1 Å². The lowest BCUT2D eigenvalue weighted by Crippen LogP contribution is -2.34. The average molecular weight is 345 g/mol. The Bertz CT molecular complexity index is 624. The van der Waals surface area contributed by atoms with Crippen LogP contribution >= 0.6 is 11.8 Å². The third kappa shape index (κ3) is 6.85. The molecule has 0 aliphatic heterocycles. The largest absolute Gasteiger partial charge is 0.497 e. The highest BCUT2D eigenvalue weighted by molar-refractivity contribution is 8.14. The normalized spacial score (nSPS) is 12.8. The van der Waals surface area contributed by atoms with E-state index in [2.05, 4.69) is 0 Å². The van der Waals surface area contributed by atoms with E-state index >= 15 is 0 Å². The van der Waals surface area contributed by atoms with Gasteiger partial charge in [-0.1, -0.05) is 49.0 Å². The second-order valence-electron chi connectivity index (χ2n) is 4.68. The molecule has 0 heterocycles. The number of nitrogens with zero attached hydrogens (tertiary/aromatic N) is 1. The summed E-state index contributed by atoms with van der Waals surface area (Å²) in [6, 6.07) is 9.49. The standard InChI is InChI=1S/C9H13N3S.C9H10O2/c1-2-13-9(10)12(11)8-6-4-3-5-7-8;1-11-9-4-2-3-8(7-10)5-6-9/h3-7,10H,2,11H2,1H3;2,4-7H,3H2,1H3. The Hall–Kier alpha value is -2.31. The van der Waals surface area contributed by atoms with Crippen LogP contribution in [0.3, 0.4) is 0 Å². The molecule has 1 aromatic rings. The summed E-state index contributed by atoms with van der Waals surface area (Å²) in [5.74, 6) is 7.35. The van der Waals surface area contributed by atoms with Crippen LogP contribution in [0.25, 0.3) is 0 Å².